The van der Waals surface area contributed by atoms with E-state index < -0.39 is 0 Å². The lowest BCUT2D eigenvalue weighted by Gasteiger charge is -2.22. The third-order valence-corrected chi connectivity index (χ3v) is 14.2. The SMILES string of the molecule is Cc1ccc(C2=Cc3c(cc(C)c(C)c3-c3ccc4ccccc4c3)C2C[Si]CC2C(c3ccc(C)o3)=Cc3c2cc(C)c(C)c3-c2ccc3ccccc3c2)o1. The maximum Gasteiger partial charge on any atom is 0.130 e. The highest BCUT2D eigenvalue weighted by molar-refractivity contribution is 6.37. The first-order chi connectivity index (χ1) is 27.7. The zero-order valence-corrected chi connectivity index (χ0v) is 34.6. The minimum Gasteiger partial charge on any atom is -0.462 e. The lowest BCUT2D eigenvalue weighted by Crippen LogP contribution is -2.08. The minimum absolute atomic E-state index is 0.245. The van der Waals surface area contributed by atoms with E-state index in [1.807, 2.05) is 0 Å². The van der Waals surface area contributed by atoms with E-state index in [9.17, 15) is 0 Å². The Morgan fingerprint density at radius 1 is 0.456 bits per heavy atom. The van der Waals surface area contributed by atoms with E-state index in [-0.39, 0.29) is 11.8 Å². The Hall–Kier alpha value is -5.90. The van der Waals surface area contributed by atoms with Gasteiger partial charge < -0.3 is 8.83 Å². The fourth-order valence-electron chi connectivity index (χ4n) is 9.57. The highest BCUT2D eigenvalue weighted by Crippen LogP contribution is 2.52. The molecule has 3 heteroatoms. The number of aryl methyl sites for hydroxylation is 4. The van der Waals surface area contributed by atoms with Crippen molar-refractivity contribution in [2.45, 2.75) is 65.5 Å². The van der Waals surface area contributed by atoms with Crippen molar-refractivity contribution >= 4 is 54.4 Å². The summed E-state index contributed by atoms with van der Waals surface area (Å²) in [7, 11) is 0.723. The molecule has 57 heavy (non-hydrogen) atoms. The van der Waals surface area contributed by atoms with E-state index in [0.717, 1.165) is 44.6 Å². The van der Waals surface area contributed by atoms with Crippen LogP contribution in [0.3, 0.4) is 0 Å². The van der Waals surface area contributed by atoms with Gasteiger partial charge in [0.15, 0.2) is 0 Å². The molecule has 6 aromatic carbocycles. The van der Waals surface area contributed by atoms with Gasteiger partial charge in [-0.15, -0.1) is 0 Å². The van der Waals surface area contributed by atoms with Gasteiger partial charge in [0.1, 0.15) is 23.0 Å². The zero-order valence-electron chi connectivity index (χ0n) is 33.6. The number of allylic oxidation sites excluding steroid dienone is 2. The average Bonchev–Trinajstić information content (AvgIpc) is 4.01. The predicted octanol–water partition coefficient (Wildman–Crippen LogP) is 14.9. The molecule has 0 fully saturated rings. The second kappa shape index (κ2) is 13.9. The molecule has 278 valence electrons. The molecule has 0 bridgehead atoms. The van der Waals surface area contributed by atoms with E-state index in [1.54, 1.807) is 0 Å². The monoisotopic (exact) mass is 754 g/mol. The Balaban J connectivity index is 1.04. The highest BCUT2D eigenvalue weighted by Gasteiger charge is 2.34. The van der Waals surface area contributed by atoms with Crippen LogP contribution in [-0.4, -0.2) is 9.52 Å². The topological polar surface area (TPSA) is 26.3 Å². The summed E-state index contributed by atoms with van der Waals surface area (Å²) < 4.78 is 12.8. The standard InChI is InChI=1S/C54H46O2Si/c1-31-23-43-47(53(35(31)5)41-19-17-37-11-7-9-13-39(37)25-41)27-45(51-21-15-33(3)55-51)49(43)29-57-30-50-44-24-32(2)36(6)54(42-20-18-38-12-8-10-14-40(38)26-42)48(44)28-46(50)52-22-16-34(4)56-52/h7-28,49-50H,29-30H2,1-6H3. The molecule has 8 aromatic rings. The summed E-state index contributed by atoms with van der Waals surface area (Å²) in [6.45, 7) is 13.2. The van der Waals surface area contributed by atoms with Crippen molar-refractivity contribution in [3.8, 4) is 22.3 Å². The summed E-state index contributed by atoms with van der Waals surface area (Å²) >= 11 is 0. The van der Waals surface area contributed by atoms with Crippen LogP contribution in [0.1, 0.15) is 79.4 Å². The van der Waals surface area contributed by atoms with Crippen LogP contribution < -0.4 is 0 Å². The van der Waals surface area contributed by atoms with Gasteiger partial charge in [-0.05, 0) is 190 Å². The lowest BCUT2D eigenvalue weighted by atomic mass is 9.86. The molecule has 2 aromatic heterocycles. The predicted molar refractivity (Wildman–Crippen MR) is 241 cm³/mol. The largest absolute Gasteiger partial charge is 0.462 e. The molecule has 10 rings (SSSR count). The van der Waals surface area contributed by atoms with Gasteiger partial charge >= 0.3 is 0 Å². The van der Waals surface area contributed by atoms with Crippen LogP contribution in [0.4, 0.5) is 0 Å². The molecule has 2 nitrogen and oxygen atoms in total. The normalized spacial score (nSPS) is 16.0. The van der Waals surface area contributed by atoms with Gasteiger partial charge in [0, 0.05) is 32.5 Å². The molecule has 2 unspecified atom stereocenters. The molecule has 0 amide bonds. The molecule has 2 heterocycles. The van der Waals surface area contributed by atoms with Crippen LogP contribution >= 0.6 is 0 Å². The Kier molecular flexibility index (Phi) is 8.68. The Morgan fingerprint density at radius 2 is 0.877 bits per heavy atom. The number of hydrogen-bond donors (Lipinski definition) is 0. The first kappa shape index (κ1) is 35.5. The molecule has 0 spiro atoms. The maximum atomic E-state index is 6.42. The van der Waals surface area contributed by atoms with E-state index >= 15 is 0 Å². The molecular weight excluding hydrogens is 709 g/mol. The van der Waals surface area contributed by atoms with Crippen molar-refractivity contribution in [2.75, 3.05) is 0 Å². The number of hydrogen-bond acceptors (Lipinski definition) is 2. The summed E-state index contributed by atoms with van der Waals surface area (Å²) in [5.74, 6) is 4.36. The summed E-state index contributed by atoms with van der Waals surface area (Å²) in [6, 6.07) is 46.8. The zero-order chi connectivity index (χ0) is 38.9. The highest BCUT2D eigenvalue weighted by atomic mass is 28.2. The van der Waals surface area contributed by atoms with E-state index in [4.69, 9.17) is 8.83 Å². The smallest absolute Gasteiger partial charge is 0.130 e. The Morgan fingerprint density at radius 3 is 1.28 bits per heavy atom. The van der Waals surface area contributed by atoms with Crippen LogP contribution in [0.5, 0.6) is 0 Å². The van der Waals surface area contributed by atoms with Gasteiger partial charge in [-0.2, -0.15) is 0 Å². The first-order valence-electron chi connectivity index (χ1n) is 20.3. The summed E-state index contributed by atoms with van der Waals surface area (Å²) in [5, 5.41) is 5.08. The van der Waals surface area contributed by atoms with E-state index in [0.29, 0.717) is 0 Å². The molecule has 0 saturated carbocycles. The van der Waals surface area contributed by atoms with Crippen molar-refractivity contribution in [3.63, 3.8) is 0 Å². The van der Waals surface area contributed by atoms with Crippen molar-refractivity contribution in [3.05, 3.63) is 189 Å². The Labute approximate surface area is 338 Å². The van der Waals surface area contributed by atoms with Crippen molar-refractivity contribution in [1.82, 2.24) is 0 Å². The fourth-order valence-corrected chi connectivity index (χ4v) is 11.2. The van der Waals surface area contributed by atoms with Crippen molar-refractivity contribution in [2.24, 2.45) is 0 Å². The minimum atomic E-state index is 0.245. The molecular formula is C54H46O2Si. The van der Waals surface area contributed by atoms with Gasteiger partial charge in [-0.25, -0.2) is 0 Å². The maximum absolute atomic E-state index is 6.42. The quantitative estimate of drug-likeness (QED) is 0.144. The summed E-state index contributed by atoms with van der Waals surface area (Å²) in [6.07, 6.45) is 4.90. The number of fused-ring (bicyclic) bond motifs is 4. The van der Waals surface area contributed by atoms with Crippen molar-refractivity contribution in [1.29, 1.82) is 0 Å². The molecule has 2 aliphatic carbocycles. The van der Waals surface area contributed by atoms with Crippen LogP contribution in [0, 0.1) is 41.5 Å². The first-order valence-corrected chi connectivity index (χ1v) is 21.7. The third-order valence-electron chi connectivity index (χ3n) is 12.8. The molecule has 2 aliphatic rings. The number of furan rings is 2. The lowest BCUT2D eigenvalue weighted by molar-refractivity contribution is 0.518. The van der Waals surface area contributed by atoms with E-state index in [1.165, 1.54) is 99.5 Å². The Bertz CT molecular complexity index is 2760. The molecule has 0 aliphatic heterocycles. The van der Waals surface area contributed by atoms with Gasteiger partial charge in [-0.1, -0.05) is 84.9 Å². The van der Waals surface area contributed by atoms with Crippen LogP contribution in [0.2, 0.25) is 12.1 Å². The van der Waals surface area contributed by atoms with E-state index in [2.05, 4.69) is 175 Å². The van der Waals surface area contributed by atoms with Crippen LogP contribution in [0.15, 0.2) is 130 Å². The summed E-state index contributed by atoms with van der Waals surface area (Å²) in [4.78, 5) is 0. The second-order valence-corrected chi connectivity index (χ2v) is 17.6. The molecule has 2 atom stereocenters. The van der Waals surface area contributed by atoms with Gasteiger partial charge in [-0.3, -0.25) is 0 Å². The van der Waals surface area contributed by atoms with Gasteiger partial charge in [0.2, 0.25) is 0 Å². The second-order valence-electron chi connectivity index (χ2n) is 16.3. The van der Waals surface area contributed by atoms with Gasteiger partial charge in [0.05, 0.1) is 0 Å². The summed E-state index contributed by atoms with van der Waals surface area (Å²) in [5.41, 5.74) is 18.7. The fraction of sp³-hybridized carbons (Fsp3) is 0.185. The number of rotatable bonds is 8. The average molecular weight is 755 g/mol. The van der Waals surface area contributed by atoms with Crippen LogP contribution in [-0.2, 0) is 0 Å². The third kappa shape index (κ3) is 6.08. The molecule has 0 saturated heterocycles. The molecule has 2 radical (unpaired) electrons. The van der Waals surface area contributed by atoms with Crippen molar-refractivity contribution < 1.29 is 8.83 Å². The number of benzene rings is 6. The molecule has 0 N–H and O–H groups in total. The van der Waals surface area contributed by atoms with Gasteiger partial charge in [0.25, 0.3) is 0 Å². The van der Waals surface area contributed by atoms with Crippen LogP contribution in [0.25, 0.3) is 67.1 Å².